The molecule has 140 valence electrons. The highest BCUT2D eigenvalue weighted by molar-refractivity contribution is 7.78. The summed E-state index contributed by atoms with van der Waals surface area (Å²) in [4.78, 5) is 4.10. The molecule has 0 radical (unpaired) electrons. The van der Waals surface area contributed by atoms with Crippen LogP contribution < -0.4 is 0 Å². The van der Waals surface area contributed by atoms with Crippen LogP contribution in [-0.4, -0.2) is 44.1 Å². The van der Waals surface area contributed by atoms with E-state index in [4.69, 9.17) is 13.6 Å². The van der Waals surface area contributed by atoms with Crippen LogP contribution in [0.1, 0.15) is 39.0 Å². The normalized spacial score (nSPS) is 22.4. The fraction of sp³-hybridized carbons (Fsp3) is 0.611. The zero-order valence-electron chi connectivity index (χ0n) is 15.7. The van der Waals surface area contributed by atoms with Crippen molar-refractivity contribution in [3.05, 3.63) is 30.6 Å². The number of nitrogens with zero attached hydrogens (tertiary/aromatic N) is 2. The van der Waals surface area contributed by atoms with Gasteiger partial charge in [0.25, 0.3) is 0 Å². The first-order valence-electron chi connectivity index (χ1n) is 8.85. The summed E-state index contributed by atoms with van der Waals surface area (Å²) in [6.07, 6.45) is 7.39. The molecule has 1 aromatic carbocycles. The van der Waals surface area contributed by atoms with E-state index in [1.165, 1.54) is 12.8 Å². The second kappa shape index (κ2) is 9.18. The summed E-state index contributed by atoms with van der Waals surface area (Å²) in [6, 6.07) is 8.94. The molecule has 25 heavy (non-hydrogen) atoms. The maximum Gasteiger partial charge on any atom is 0.370 e. The first kappa shape index (κ1) is 20.4. The summed E-state index contributed by atoms with van der Waals surface area (Å²) < 4.78 is 19.1. The Morgan fingerprint density at radius 1 is 1.20 bits per heavy atom. The highest BCUT2D eigenvalue weighted by Gasteiger charge is 2.58. The number of methoxy groups -OCH3 is 1. The molecular weight excluding hydrogens is 352 g/mol. The van der Waals surface area contributed by atoms with Gasteiger partial charge in [-0.15, -0.1) is 0 Å². The van der Waals surface area contributed by atoms with Crippen LogP contribution in [0.2, 0.25) is 6.04 Å². The van der Waals surface area contributed by atoms with E-state index in [0.717, 1.165) is 36.3 Å². The van der Waals surface area contributed by atoms with Gasteiger partial charge in [0.15, 0.2) is 0 Å². The lowest BCUT2D eigenvalue weighted by molar-refractivity contribution is -0.0149. The Labute approximate surface area is 157 Å². The smallest absolute Gasteiger partial charge is 0.370 e. The van der Waals surface area contributed by atoms with Gasteiger partial charge in [-0.3, -0.25) is 3.97 Å². The van der Waals surface area contributed by atoms with Gasteiger partial charge in [-0.1, -0.05) is 51.1 Å². The number of rotatable bonds is 5. The summed E-state index contributed by atoms with van der Waals surface area (Å²) in [6.45, 7) is 2.19. The Morgan fingerprint density at radius 3 is 2.52 bits per heavy atom. The summed E-state index contributed by atoms with van der Waals surface area (Å²) in [7, 11) is 3.22. The summed E-state index contributed by atoms with van der Waals surface area (Å²) in [5.41, 5.74) is 2.03. The Balaban J connectivity index is 0.000000194. The molecule has 0 aliphatic carbocycles. The molecule has 7 heteroatoms. The van der Waals surface area contributed by atoms with E-state index in [-0.39, 0.29) is 5.22 Å². The van der Waals surface area contributed by atoms with Crippen molar-refractivity contribution >= 4 is 32.4 Å². The molecular formula is C18H30N2O3SSi. The number of thiol groups is 1. The monoisotopic (exact) mass is 382 g/mol. The third-order valence-electron chi connectivity index (χ3n) is 5.17. The second-order valence-corrected chi connectivity index (χ2v) is 10.6. The van der Waals surface area contributed by atoms with E-state index in [0.29, 0.717) is 0 Å². The van der Waals surface area contributed by atoms with Crippen LogP contribution >= 0.6 is 12.8 Å². The first-order chi connectivity index (χ1) is 12.1. The molecule has 3 rings (SSSR count). The predicted octanol–water partition coefficient (Wildman–Crippen LogP) is 4.36. The molecule has 0 bridgehead atoms. The molecule has 1 atom stereocenters. The number of hydrogen-bond acceptors (Lipinski definition) is 5. The molecule has 1 aliphatic heterocycles. The quantitative estimate of drug-likeness (QED) is 0.616. The summed E-state index contributed by atoms with van der Waals surface area (Å²) in [5, 5.41) is -0.122. The molecule has 0 spiro atoms. The van der Waals surface area contributed by atoms with E-state index < -0.39 is 8.56 Å². The number of ether oxygens (including phenoxy) is 1. The fourth-order valence-electron chi connectivity index (χ4n) is 3.87. The van der Waals surface area contributed by atoms with Crippen LogP contribution in [0.25, 0.3) is 11.0 Å². The number of fused-ring (bicyclic) bond motifs is 1. The van der Waals surface area contributed by atoms with Crippen molar-refractivity contribution in [3.8, 4) is 0 Å². The predicted molar refractivity (Wildman–Crippen MR) is 107 cm³/mol. The maximum absolute atomic E-state index is 5.83. The minimum atomic E-state index is -2.15. The number of aromatic nitrogens is 2. The molecule has 0 N–H and O–H groups in total. The third-order valence-corrected chi connectivity index (χ3v) is 9.91. The number of benzene rings is 1. The van der Waals surface area contributed by atoms with Gasteiger partial charge in [-0.25, -0.2) is 4.98 Å². The van der Waals surface area contributed by atoms with Crippen molar-refractivity contribution in [1.29, 1.82) is 0 Å². The molecule has 1 fully saturated rings. The lowest BCUT2D eigenvalue weighted by Crippen LogP contribution is -2.64. The molecule has 1 aliphatic rings. The number of imidazole rings is 1. The summed E-state index contributed by atoms with van der Waals surface area (Å²) >= 11 is 4.16. The van der Waals surface area contributed by atoms with E-state index in [1.54, 1.807) is 31.6 Å². The third kappa shape index (κ3) is 4.11. The molecule has 5 nitrogen and oxygen atoms in total. The van der Waals surface area contributed by atoms with Gasteiger partial charge in [-0.05, 0) is 31.0 Å². The fourth-order valence-corrected chi connectivity index (χ4v) is 8.08. The second-order valence-electron chi connectivity index (χ2n) is 6.39. The van der Waals surface area contributed by atoms with Crippen molar-refractivity contribution in [3.63, 3.8) is 0 Å². The highest BCUT2D eigenvalue weighted by atomic mass is 32.1. The van der Waals surface area contributed by atoms with E-state index >= 15 is 0 Å². The van der Waals surface area contributed by atoms with Crippen molar-refractivity contribution in [2.75, 3.05) is 21.3 Å². The van der Waals surface area contributed by atoms with Gasteiger partial charge in [0.2, 0.25) is 0 Å². The minimum absolute atomic E-state index is 0.122. The van der Waals surface area contributed by atoms with Crippen molar-refractivity contribution in [2.45, 2.75) is 50.3 Å². The lowest BCUT2D eigenvalue weighted by Gasteiger charge is -2.47. The van der Waals surface area contributed by atoms with Gasteiger partial charge in [0, 0.05) is 21.3 Å². The minimum Gasteiger partial charge on any atom is -0.396 e. The number of para-hydroxylation sites is 2. The summed E-state index contributed by atoms with van der Waals surface area (Å²) in [5.74, 6) is 0. The average molecular weight is 383 g/mol. The molecule has 0 saturated carbocycles. The van der Waals surface area contributed by atoms with Crippen LogP contribution in [0.15, 0.2) is 30.6 Å². The van der Waals surface area contributed by atoms with Gasteiger partial charge < -0.3 is 13.6 Å². The largest absolute Gasteiger partial charge is 0.396 e. The maximum atomic E-state index is 5.83. The van der Waals surface area contributed by atoms with Crippen LogP contribution in [0.5, 0.6) is 0 Å². The molecule has 1 saturated heterocycles. The number of hydrogen-bond donors (Lipinski definition) is 1. The zero-order valence-corrected chi connectivity index (χ0v) is 17.6. The van der Waals surface area contributed by atoms with Crippen LogP contribution in [0, 0.1) is 0 Å². The van der Waals surface area contributed by atoms with Crippen molar-refractivity contribution in [2.24, 2.45) is 0 Å². The standard InChI is InChI=1S/C11H24O3Si.C7H6N2S/c1-5-8-11(12-2)9-6-7-10-15(11,13-3)14-4;10-9-5-8-6-3-1-2-4-7(6)9/h5-10H2,1-4H3;1-5,10H. The van der Waals surface area contributed by atoms with Gasteiger partial charge >= 0.3 is 8.56 Å². The highest BCUT2D eigenvalue weighted by Crippen LogP contribution is 2.42. The first-order valence-corrected chi connectivity index (χ1v) is 11.3. The van der Waals surface area contributed by atoms with Crippen LogP contribution in [-0.2, 0) is 13.6 Å². The van der Waals surface area contributed by atoms with E-state index in [2.05, 4.69) is 24.7 Å². The van der Waals surface area contributed by atoms with Crippen molar-refractivity contribution < 1.29 is 13.6 Å². The Kier molecular flexibility index (Phi) is 7.51. The van der Waals surface area contributed by atoms with Gasteiger partial charge in [0.1, 0.15) is 11.6 Å². The Bertz CT molecular complexity index is 659. The van der Waals surface area contributed by atoms with E-state index in [1.807, 2.05) is 24.3 Å². The molecule has 1 unspecified atom stereocenters. The van der Waals surface area contributed by atoms with Gasteiger partial charge in [0.05, 0.1) is 11.0 Å². The van der Waals surface area contributed by atoms with Gasteiger partial charge in [-0.2, -0.15) is 0 Å². The van der Waals surface area contributed by atoms with Crippen LogP contribution in [0.3, 0.4) is 0 Å². The van der Waals surface area contributed by atoms with E-state index in [9.17, 15) is 0 Å². The van der Waals surface area contributed by atoms with Crippen LogP contribution in [0.4, 0.5) is 0 Å². The molecule has 2 aromatic rings. The molecule has 0 amide bonds. The van der Waals surface area contributed by atoms with Crippen molar-refractivity contribution in [1.82, 2.24) is 8.96 Å². The lowest BCUT2D eigenvalue weighted by atomic mass is 10.1. The molecule has 1 aromatic heterocycles. The average Bonchev–Trinajstić information content (AvgIpc) is 3.04. The Hall–Kier alpha value is -0.863. The Morgan fingerprint density at radius 2 is 1.92 bits per heavy atom. The molecule has 2 heterocycles. The topological polar surface area (TPSA) is 45.5 Å². The zero-order chi connectivity index (χ0) is 18.3. The SMILES string of the molecule is CCCC1(OC)CCCC[Si]1(OC)OC.Sn1cnc2ccccc21.